The van der Waals surface area contributed by atoms with Gasteiger partial charge in [-0.25, -0.2) is 4.98 Å². The molecule has 1 fully saturated rings. The van der Waals surface area contributed by atoms with Crippen LogP contribution in [0.5, 0.6) is 0 Å². The summed E-state index contributed by atoms with van der Waals surface area (Å²) in [6.07, 6.45) is -4.97. The molecule has 0 radical (unpaired) electrons. The van der Waals surface area contributed by atoms with Crippen LogP contribution in [0.25, 0.3) is 0 Å². The van der Waals surface area contributed by atoms with Gasteiger partial charge in [0.2, 0.25) is 5.91 Å². The van der Waals surface area contributed by atoms with Gasteiger partial charge in [-0.1, -0.05) is 0 Å². The molecule has 29 heavy (non-hydrogen) atoms. The molecule has 0 saturated carbocycles. The van der Waals surface area contributed by atoms with E-state index in [0.717, 1.165) is 24.7 Å². The lowest BCUT2D eigenvalue weighted by molar-refractivity contribution is -0.142. The van der Waals surface area contributed by atoms with E-state index in [1.165, 1.54) is 6.07 Å². The Morgan fingerprint density at radius 1 is 1.10 bits per heavy atom. The van der Waals surface area contributed by atoms with Crippen molar-refractivity contribution >= 4 is 17.4 Å². The molecular formula is C17H17F6N5O. The van der Waals surface area contributed by atoms with Gasteiger partial charge in [-0.15, -0.1) is 0 Å². The maximum absolute atomic E-state index is 12.6. The first-order valence-corrected chi connectivity index (χ1v) is 8.69. The first kappa shape index (κ1) is 20.9. The monoisotopic (exact) mass is 421 g/mol. The van der Waals surface area contributed by atoms with E-state index in [1.54, 1.807) is 4.90 Å². The summed E-state index contributed by atoms with van der Waals surface area (Å²) in [5.74, 6) is -0.312. The van der Waals surface area contributed by atoms with Crippen LogP contribution in [0.2, 0.25) is 0 Å². The van der Waals surface area contributed by atoms with Gasteiger partial charge in [-0.2, -0.15) is 31.4 Å². The topological polar surface area (TPSA) is 63.1 Å². The highest BCUT2D eigenvalue weighted by atomic mass is 19.4. The summed E-state index contributed by atoms with van der Waals surface area (Å²) >= 11 is 0. The number of halogens is 6. The number of hydrogen-bond acceptors (Lipinski definition) is 4. The zero-order chi connectivity index (χ0) is 21.2. The Labute approximate surface area is 161 Å². The van der Waals surface area contributed by atoms with Crippen LogP contribution in [0, 0.1) is 5.92 Å². The Morgan fingerprint density at radius 2 is 1.79 bits per heavy atom. The highest BCUT2D eigenvalue weighted by Gasteiger charge is 2.32. The highest BCUT2D eigenvalue weighted by Crippen LogP contribution is 2.30. The number of piperidine rings is 1. The van der Waals surface area contributed by atoms with E-state index in [9.17, 15) is 31.1 Å². The van der Waals surface area contributed by atoms with E-state index in [4.69, 9.17) is 0 Å². The van der Waals surface area contributed by atoms with E-state index in [2.05, 4.69) is 15.4 Å². The third kappa shape index (κ3) is 5.61. The van der Waals surface area contributed by atoms with Crippen molar-refractivity contribution in [3.8, 4) is 0 Å². The standard InChI is InChI=1S/C17H17F6N5O/c18-16(19,20)10-28-9-13(8-25-28)26-15(29)11-3-5-27(6-4-11)14-2-1-12(7-24-14)17(21,22)23/h1-2,7-9,11H,3-6,10H2,(H,26,29). The smallest absolute Gasteiger partial charge is 0.357 e. The third-order valence-corrected chi connectivity index (χ3v) is 4.51. The molecule has 1 saturated heterocycles. The number of carbonyl (C=O) groups excluding carboxylic acids is 1. The fourth-order valence-electron chi connectivity index (χ4n) is 3.05. The first-order valence-electron chi connectivity index (χ1n) is 8.69. The zero-order valence-corrected chi connectivity index (χ0v) is 15.0. The van der Waals surface area contributed by atoms with Gasteiger partial charge < -0.3 is 10.2 Å². The highest BCUT2D eigenvalue weighted by molar-refractivity contribution is 5.92. The number of rotatable bonds is 4. The molecule has 2 aromatic heterocycles. The van der Waals surface area contributed by atoms with Crippen LogP contribution in [0.3, 0.4) is 0 Å². The predicted octanol–water partition coefficient (Wildman–Crippen LogP) is 3.71. The van der Waals surface area contributed by atoms with Crippen LogP contribution in [-0.4, -0.2) is 39.9 Å². The van der Waals surface area contributed by atoms with E-state index < -0.39 is 24.5 Å². The second kappa shape index (κ2) is 7.91. The fraction of sp³-hybridized carbons (Fsp3) is 0.471. The molecule has 0 atom stereocenters. The molecule has 2 aromatic rings. The Bertz CT molecular complexity index is 837. The first-order chi connectivity index (χ1) is 13.5. The molecule has 1 N–H and O–H groups in total. The summed E-state index contributed by atoms with van der Waals surface area (Å²) in [6.45, 7) is -0.408. The second-order valence-electron chi connectivity index (χ2n) is 6.70. The van der Waals surface area contributed by atoms with Crippen molar-refractivity contribution < 1.29 is 31.1 Å². The maximum atomic E-state index is 12.6. The number of alkyl halides is 6. The number of amides is 1. The van der Waals surface area contributed by atoms with Gasteiger partial charge in [0.1, 0.15) is 12.4 Å². The molecule has 1 aliphatic heterocycles. The molecular weight excluding hydrogens is 404 g/mol. The minimum Gasteiger partial charge on any atom is -0.357 e. The number of nitrogens with one attached hydrogen (secondary N) is 1. The van der Waals surface area contributed by atoms with Crippen molar-refractivity contribution in [2.24, 2.45) is 5.92 Å². The molecule has 158 valence electrons. The number of aromatic nitrogens is 3. The number of pyridine rings is 1. The quantitative estimate of drug-likeness (QED) is 0.765. The van der Waals surface area contributed by atoms with Gasteiger partial charge in [-0.05, 0) is 25.0 Å². The van der Waals surface area contributed by atoms with E-state index >= 15 is 0 Å². The van der Waals surface area contributed by atoms with Crippen molar-refractivity contribution in [3.05, 3.63) is 36.3 Å². The van der Waals surface area contributed by atoms with Crippen LogP contribution in [0.1, 0.15) is 18.4 Å². The summed E-state index contributed by atoms with van der Waals surface area (Å²) < 4.78 is 75.5. The minimum atomic E-state index is -4.45. The van der Waals surface area contributed by atoms with Gasteiger partial charge in [0, 0.05) is 31.4 Å². The van der Waals surface area contributed by atoms with E-state index in [1.807, 2.05) is 0 Å². The molecule has 1 aliphatic rings. The van der Waals surface area contributed by atoms with Crippen LogP contribution < -0.4 is 10.2 Å². The van der Waals surface area contributed by atoms with Crippen LogP contribution in [0.15, 0.2) is 30.7 Å². The molecule has 1 amide bonds. The van der Waals surface area contributed by atoms with Crippen molar-refractivity contribution in [1.29, 1.82) is 0 Å². The molecule has 3 rings (SSSR count). The van der Waals surface area contributed by atoms with Crippen LogP contribution in [0.4, 0.5) is 37.8 Å². The van der Waals surface area contributed by atoms with E-state index in [-0.39, 0.29) is 17.5 Å². The molecule has 12 heteroatoms. The maximum Gasteiger partial charge on any atom is 0.417 e. The van der Waals surface area contributed by atoms with E-state index in [0.29, 0.717) is 36.4 Å². The summed E-state index contributed by atoms with van der Waals surface area (Å²) in [5, 5.41) is 6.11. The summed E-state index contributed by atoms with van der Waals surface area (Å²) in [4.78, 5) is 18.0. The SMILES string of the molecule is O=C(Nc1cnn(CC(F)(F)F)c1)C1CCN(c2ccc(C(F)(F)F)cn2)CC1. The van der Waals surface area contributed by atoms with Crippen molar-refractivity contribution in [3.63, 3.8) is 0 Å². The lowest BCUT2D eigenvalue weighted by Crippen LogP contribution is -2.38. The predicted molar refractivity (Wildman–Crippen MR) is 91.1 cm³/mol. The van der Waals surface area contributed by atoms with Gasteiger partial charge >= 0.3 is 12.4 Å². The Balaban J connectivity index is 1.52. The summed E-state index contributed by atoms with van der Waals surface area (Å²) in [5.41, 5.74) is -0.660. The number of hydrogen-bond donors (Lipinski definition) is 1. The van der Waals surface area contributed by atoms with Gasteiger partial charge in [-0.3, -0.25) is 9.48 Å². The number of nitrogens with zero attached hydrogens (tertiary/aromatic N) is 4. The molecule has 0 aromatic carbocycles. The molecule has 3 heterocycles. The summed E-state index contributed by atoms with van der Waals surface area (Å²) in [6, 6.07) is 2.25. The largest absolute Gasteiger partial charge is 0.417 e. The summed E-state index contributed by atoms with van der Waals surface area (Å²) in [7, 11) is 0. The lowest BCUT2D eigenvalue weighted by atomic mass is 9.96. The zero-order valence-electron chi connectivity index (χ0n) is 15.0. The molecule has 0 spiro atoms. The van der Waals surface area contributed by atoms with Gasteiger partial charge in [0.15, 0.2) is 0 Å². The Morgan fingerprint density at radius 3 is 2.34 bits per heavy atom. The molecule has 0 bridgehead atoms. The number of anilines is 2. The number of carbonyl (C=O) groups is 1. The Kier molecular flexibility index (Phi) is 5.71. The second-order valence-corrected chi connectivity index (χ2v) is 6.70. The van der Waals surface area contributed by atoms with Crippen LogP contribution in [-0.2, 0) is 17.5 Å². The average Bonchev–Trinajstić information content (AvgIpc) is 3.06. The molecule has 0 unspecified atom stereocenters. The van der Waals surface area contributed by atoms with Crippen molar-refractivity contribution in [1.82, 2.24) is 14.8 Å². The van der Waals surface area contributed by atoms with Crippen molar-refractivity contribution in [2.45, 2.75) is 31.7 Å². The lowest BCUT2D eigenvalue weighted by Gasteiger charge is -2.32. The molecule has 6 nitrogen and oxygen atoms in total. The van der Waals surface area contributed by atoms with Gasteiger partial charge in [0.25, 0.3) is 0 Å². The average molecular weight is 421 g/mol. The fourth-order valence-corrected chi connectivity index (χ4v) is 3.05. The normalized spacial score (nSPS) is 16.1. The van der Waals surface area contributed by atoms with Crippen molar-refractivity contribution in [2.75, 3.05) is 23.3 Å². The Hall–Kier alpha value is -2.79. The molecule has 0 aliphatic carbocycles. The third-order valence-electron chi connectivity index (χ3n) is 4.51. The minimum absolute atomic E-state index is 0.172. The van der Waals surface area contributed by atoms with Gasteiger partial charge in [0.05, 0.1) is 17.4 Å². The van der Waals surface area contributed by atoms with Crippen LogP contribution >= 0.6 is 0 Å².